The lowest BCUT2D eigenvalue weighted by molar-refractivity contribution is 0.0949. The maximum absolute atomic E-state index is 13.4. The third kappa shape index (κ3) is 4.86. The number of unbranched alkanes of at least 4 members (excludes halogenated alkanes) is 2. The van der Waals surface area contributed by atoms with Gasteiger partial charge < -0.3 is 5.32 Å². The van der Waals surface area contributed by atoms with Gasteiger partial charge in [0, 0.05) is 11.9 Å². The van der Waals surface area contributed by atoms with Gasteiger partial charge in [0.2, 0.25) is 0 Å². The average molecular weight is 302 g/mol. The summed E-state index contributed by atoms with van der Waals surface area (Å²) in [7, 11) is 0. The highest BCUT2D eigenvalue weighted by Crippen LogP contribution is 2.09. The molecule has 0 aliphatic carbocycles. The van der Waals surface area contributed by atoms with Crippen LogP contribution in [0.1, 0.15) is 35.2 Å². The minimum Gasteiger partial charge on any atom is -0.352 e. The number of hydrogen-bond donors (Lipinski definition) is 1. The van der Waals surface area contributed by atoms with Gasteiger partial charge in [-0.2, -0.15) is 0 Å². The van der Waals surface area contributed by atoms with Gasteiger partial charge in [-0.05, 0) is 31.9 Å². The number of amides is 1. The van der Waals surface area contributed by atoms with E-state index in [4.69, 9.17) is 0 Å². The van der Waals surface area contributed by atoms with Crippen molar-refractivity contribution in [2.24, 2.45) is 0 Å². The zero-order valence-electron chi connectivity index (χ0n) is 9.93. The molecule has 1 aromatic rings. The lowest BCUT2D eigenvalue weighted by atomic mass is 10.1. The van der Waals surface area contributed by atoms with Gasteiger partial charge in [0.1, 0.15) is 5.82 Å². The van der Waals surface area contributed by atoms with E-state index in [0.29, 0.717) is 6.54 Å². The number of benzene rings is 1. The van der Waals surface area contributed by atoms with Gasteiger partial charge in [0.05, 0.1) is 5.56 Å². The summed E-state index contributed by atoms with van der Waals surface area (Å²) in [6, 6.07) is 4.56. The van der Waals surface area contributed by atoms with Crippen molar-refractivity contribution < 1.29 is 9.18 Å². The summed E-state index contributed by atoms with van der Waals surface area (Å²) in [4.78, 5) is 11.7. The summed E-state index contributed by atoms with van der Waals surface area (Å²) in [6.07, 6.45) is 3.07. The van der Waals surface area contributed by atoms with Gasteiger partial charge in [-0.25, -0.2) is 4.39 Å². The predicted octanol–water partition coefficient (Wildman–Crippen LogP) is 3.43. The predicted molar refractivity (Wildman–Crippen MR) is 71.1 cm³/mol. The van der Waals surface area contributed by atoms with Crippen LogP contribution in [0, 0.1) is 12.7 Å². The van der Waals surface area contributed by atoms with E-state index in [0.717, 1.165) is 30.2 Å². The van der Waals surface area contributed by atoms with Crippen LogP contribution >= 0.6 is 15.9 Å². The normalized spacial score (nSPS) is 10.3. The molecule has 17 heavy (non-hydrogen) atoms. The maximum Gasteiger partial charge on any atom is 0.254 e. The molecular weight excluding hydrogens is 285 g/mol. The molecule has 0 bridgehead atoms. The van der Waals surface area contributed by atoms with Crippen molar-refractivity contribution in [3.05, 3.63) is 35.1 Å². The van der Waals surface area contributed by atoms with Crippen molar-refractivity contribution in [3.8, 4) is 0 Å². The van der Waals surface area contributed by atoms with Gasteiger partial charge in [-0.1, -0.05) is 34.0 Å². The fraction of sp³-hybridized carbons (Fsp3) is 0.462. The summed E-state index contributed by atoms with van der Waals surface area (Å²) in [5.41, 5.74) is 1.02. The van der Waals surface area contributed by atoms with Gasteiger partial charge in [-0.3, -0.25) is 4.79 Å². The zero-order valence-corrected chi connectivity index (χ0v) is 11.5. The number of rotatable bonds is 6. The molecule has 1 aromatic carbocycles. The van der Waals surface area contributed by atoms with Gasteiger partial charge in [-0.15, -0.1) is 0 Å². The van der Waals surface area contributed by atoms with Gasteiger partial charge in [0.25, 0.3) is 5.91 Å². The van der Waals surface area contributed by atoms with Crippen molar-refractivity contribution >= 4 is 21.8 Å². The molecular formula is C13H17BrFNO. The Morgan fingerprint density at radius 2 is 2.12 bits per heavy atom. The molecule has 0 saturated heterocycles. The van der Waals surface area contributed by atoms with Crippen LogP contribution in [0.3, 0.4) is 0 Å². The molecule has 0 spiro atoms. The molecule has 4 heteroatoms. The Balaban J connectivity index is 2.44. The molecule has 1 amide bonds. The van der Waals surface area contributed by atoms with E-state index < -0.39 is 5.82 Å². The third-order valence-electron chi connectivity index (χ3n) is 2.46. The summed E-state index contributed by atoms with van der Waals surface area (Å²) in [5.74, 6) is -0.793. The van der Waals surface area contributed by atoms with Crippen LogP contribution in [-0.2, 0) is 0 Å². The van der Waals surface area contributed by atoms with Crippen molar-refractivity contribution in [1.29, 1.82) is 0 Å². The number of alkyl halides is 1. The Bertz CT molecular complexity index is 382. The largest absolute Gasteiger partial charge is 0.352 e. The lowest BCUT2D eigenvalue weighted by Gasteiger charge is -2.06. The summed E-state index contributed by atoms with van der Waals surface area (Å²) >= 11 is 3.35. The molecule has 94 valence electrons. The number of carbonyl (C=O) groups excluding carboxylic acids is 1. The lowest BCUT2D eigenvalue weighted by Crippen LogP contribution is -2.25. The SMILES string of the molecule is Cc1ccc(F)c(C(=O)NCCCCCBr)c1. The molecule has 0 unspecified atom stereocenters. The summed E-state index contributed by atoms with van der Waals surface area (Å²) in [5, 5.41) is 3.71. The monoisotopic (exact) mass is 301 g/mol. The van der Waals surface area contributed by atoms with Crippen LogP contribution < -0.4 is 5.32 Å². The van der Waals surface area contributed by atoms with E-state index in [1.165, 1.54) is 6.07 Å². The van der Waals surface area contributed by atoms with Crippen molar-refractivity contribution in [2.45, 2.75) is 26.2 Å². The zero-order chi connectivity index (χ0) is 12.7. The Labute approximate surface area is 110 Å². The molecule has 1 N–H and O–H groups in total. The van der Waals surface area contributed by atoms with E-state index in [2.05, 4.69) is 21.2 Å². The number of carbonyl (C=O) groups is 1. The van der Waals surface area contributed by atoms with Crippen LogP contribution in [0.4, 0.5) is 4.39 Å². The van der Waals surface area contributed by atoms with E-state index in [9.17, 15) is 9.18 Å². The van der Waals surface area contributed by atoms with Crippen molar-refractivity contribution in [2.75, 3.05) is 11.9 Å². The topological polar surface area (TPSA) is 29.1 Å². The van der Waals surface area contributed by atoms with E-state index in [1.54, 1.807) is 12.1 Å². The number of hydrogen-bond acceptors (Lipinski definition) is 1. The molecule has 0 saturated carbocycles. The molecule has 0 fully saturated rings. The molecule has 1 rings (SSSR count). The highest BCUT2D eigenvalue weighted by molar-refractivity contribution is 9.09. The first kappa shape index (κ1) is 14.2. The second-order valence-electron chi connectivity index (χ2n) is 3.99. The van der Waals surface area contributed by atoms with Crippen LogP contribution in [0.2, 0.25) is 0 Å². The fourth-order valence-corrected chi connectivity index (χ4v) is 1.90. The average Bonchev–Trinajstić information content (AvgIpc) is 2.32. The summed E-state index contributed by atoms with van der Waals surface area (Å²) < 4.78 is 13.4. The van der Waals surface area contributed by atoms with E-state index >= 15 is 0 Å². The van der Waals surface area contributed by atoms with Crippen molar-refractivity contribution in [3.63, 3.8) is 0 Å². The number of aryl methyl sites for hydroxylation is 1. The Kier molecular flexibility index (Phi) is 6.19. The molecule has 0 radical (unpaired) electrons. The van der Waals surface area contributed by atoms with Gasteiger partial charge in [0.15, 0.2) is 0 Å². The molecule has 2 nitrogen and oxygen atoms in total. The molecule has 0 aromatic heterocycles. The van der Waals surface area contributed by atoms with E-state index in [1.807, 2.05) is 6.92 Å². The minimum atomic E-state index is -0.464. The number of halogens is 2. The van der Waals surface area contributed by atoms with Crippen LogP contribution in [-0.4, -0.2) is 17.8 Å². The highest BCUT2D eigenvalue weighted by atomic mass is 79.9. The Morgan fingerprint density at radius 3 is 2.82 bits per heavy atom. The maximum atomic E-state index is 13.4. The second kappa shape index (κ2) is 7.43. The summed E-state index contributed by atoms with van der Waals surface area (Å²) in [6.45, 7) is 2.44. The third-order valence-corrected chi connectivity index (χ3v) is 3.02. The quantitative estimate of drug-likeness (QED) is 0.633. The molecule has 0 heterocycles. The molecule has 0 atom stereocenters. The van der Waals surface area contributed by atoms with Crippen LogP contribution in [0.25, 0.3) is 0 Å². The first-order valence-electron chi connectivity index (χ1n) is 5.75. The highest BCUT2D eigenvalue weighted by Gasteiger charge is 2.10. The fourth-order valence-electron chi connectivity index (χ4n) is 1.51. The van der Waals surface area contributed by atoms with Crippen LogP contribution in [0.15, 0.2) is 18.2 Å². The standard InChI is InChI=1S/C13H17BrFNO/c1-10-5-6-12(15)11(9-10)13(17)16-8-4-2-3-7-14/h5-6,9H,2-4,7-8H2,1H3,(H,16,17). The van der Waals surface area contributed by atoms with Gasteiger partial charge >= 0.3 is 0 Å². The first-order valence-corrected chi connectivity index (χ1v) is 6.87. The first-order chi connectivity index (χ1) is 8.15. The number of nitrogens with one attached hydrogen (secondary N) is 1. The Morgan fingerprint density at radius 1 is 1.35 bits per heavy atom. The van der Waals surface area contributed by atoms with E-state index in [-0.39, 0.29) is 11.5 Å². The second-order valence-corrected chi connectivity index (χ2v) is 4.78. The van der Waals surface area contributed by atoms with Crippen molar-refractivity contribution in [1.82, 2.24) is 5.32 Å². The molecule has 0 aliphatic rings. The Hall–Kier alpha value is -0.900. The minimum absolute atomic E-state index is 0.130. The molecule has 0 aliphatic heterocycles. The smallest absolute Gasteiger partial charge is 0.254 e. The van der Waals surface area contributed by atoms with Crippen LogP contribution in [0.5, 0.6) is 0 Å².